The normalized spacial score (nSPS) is 16.9. The fourth-order valence-electron chi connectivity index (χ4n) is 2.69. The maximum absolute atomic E-state index is 4.44. The highest BCUT2D eigenvalue weighted by Gasteiger charge is 2.09. The summed E-state index contributed by atoms with van der Waals surface area (Å²) in [7, 11) is 0. The smallest absolute Gasteiger partial charge is 0.157 e. The summed E-state index contributed by atoms with van der Waals surface area (Å²) in [5.74, 6) is 1.03. The van der Waals surface area contributed by atoms with E-state index in [0.29, 0.717) is 0 Å². The first kappa shape index (κ1) is 12.4. The quantitative estimate of drug-likeness (QED) is 0.911. The highest BCUT2D eigenvalue weighted by Crippen LogP contribution is 2.12. The van der Waals surface area contributed by atoms with E-state index >= 15 is 0 Å². The van der Waals surface area contributed by atoms with Crippen molar-refractivity contribution in [2.75, 3.05) is 31.5 Å². The Morgan fingerprint density at radius 3 is 2.95 bits per heavy atom. The summed E-state index contributed by atoms with van der Waals surface area (Å²) >= 11 is 0. The van der Waals surface area contributed by atoms with Crippen molar-refractivity contribution in [3.8, 4) is 0 Å². The Balaban J connectivity index is 1.63. The van der Waals surface area contributed by atoms with Gasteiger partial charge in [0, 0.05) is 30.9 Å². The first-order chi connectivity index (χ1) is 9.33. The van der Waals surface area contributed by atoms with Gasteiger partial charge in [-0.25, -0.2) is 4.98 Å². The molecule has 3 heterocycles. The van der Waals surface area contributed by atoms with Crippen molar-refractivity contribution < 1.29 is 0 Å². The van der Waals surface area contributed by atoms with E-state index in [9.17, 15) is 0 Å². The maximum atomic E-state index is 4.44. The third kappa shape index (κ3) is 2.87. The van der Waals surface area contributed by atoms with Gasteiger partial charge in [0.15, 0.2) is 5.65 Å². The molecule has 0 amide bonds. The number of anilines is 1. The lowest BCUT2D eigenvalue weighted by molar-refractivity contribution is 0.237. The molecule has 1 fully saturated rings. The van der Waals surface area contributed by atoms with E-state index in [0.717, 1.165) is 30.2 Å². The summed E-state index contributed by atoms with van der Waals surface area (Å²) in [4.78, 5) is 6.98. The number of aryl methyl sites for hydroxylation is 1. The summed E-state index contributed by atoms with van der Waals surface area (Å²) in [6, 6.07) is 3.99. The molecule has 1 aliphatic rings. The van der Waals surface area contributed by atoms with E-state index in [1.165, 1.54) is 32.4 Å². The van der Waals surface area contributed by atoms with Crippen molar-refractivity contribution in [1.29, 1.82) is 0 Å². The zero-order valence-corrected chi connectivity index (χ0v) is 11.5. The van der Waals surface area contributed by atoms with Gasteiger partial charge in [0.1, 0.15) is 5.82 Å². The third-order valence-electron chi connectivity index (χ3n) is 3.67. The second kappa shape index (κ2) is 5.57. The number of nitrogens with one attached hydrogen (secondary N) is 1. The molecule has 19 heavy (non-hydrogen) atoms. The molecule has 102 valence electrons. The molecule has 0 aromatic carbocycles. The van der Waals surface area contributed by atoms with E-state index in [-0.39, 0.29) is 0 Å². The molecule has 1 saturated heterocycles. The predicted molar refractivity (Wildman–Crippen MR) is 76.5 cm³/mol. The number of hydrogen-bond acceptors (Lipinski definition) is 4. The first-order valence-corrected chi connectivity index (χ1v) is 7.10. The number of piperidine rings is 1. The molecule has 5 heteroatoms. The standard InChI is InChI=1S/C14H21N5/c1-12-11-14(19-13(17-12)5-6-16-19)15-7-10-18-8-3-2-4-9-18/h5-6,11,15H,2-4,7-10H2,1H3. The molecule has 0 atom stereocenters. The lowest BCUT2D eigenvalue weighted by Crippen LogP contribution is -2.33. The van der Waals surface area contributed by atoms with Crippen molar-refractivity contribution in [2.45, 2.75) is 26.2 Å². The highest BCUT2D eigenvalue weighted by atomic mass is 15.3. The van der Waals surface area contributed by atoms with E-state index < -0.39 is 0 Å². The van der Waals surface area contributed by atoms with E-state index in [1.54, 1.807) is 6.20 Å². The van der Waals surface area contributed by atoms with Crippen LogP contribution in [0.25, 0.3) is 5.65 Å². The molecule has 0 unspecified atom stereocenters. The van der Waals surface area contributed by atoms with Crippen LogP contribution in [0.15, 0.2) is 18.3 Å². The van der Waals surface area contributed by atoms with Crippen molar-refractivity contribution in [2.24, 2.45) is 0 Å². The Hall–Kier alpha value is -1.62. The van der Waals surface area contributed by atoms with Crippen LogP contribution in [0.1, 0.15) is 25.0 Å². The van der Waals surface area contributed by atoms with E-state index in [2.05, 4.69) is 26.4 Å². The van der Waals surface area contributed by atoms with Crippen LogP contribution in [0, 0.1) is 6.92 Å². The number of nitrogens with zero attached hydrogens (tertiary/aromatic N) is 4. The minimum Gasteiger partial charge on any atom is -0.369 e. The molecular formula is C14H21N5. The van der Waals surface area contributed by atoms with Crippen molar-refractivity contribution in [3.05, 3.63) is 24.0 Å². The number of hydrogen-bond donors (Lipinski definition) is 1. The molecule has 5 nitrogen and oxygen atoms in total. The maximum Gasteiger partial charge on any atom is 0.157 e. The lowest BCUT2D eigenvalue weighted by Gasteiger charge is -2.26. The Morgan fingerprint density at radius 1 is 1.26 bits per heavy atom. The van der Waals surface area contributed by atoms with Crippen LogP contribution in [0.3, 0.4) is 0 Å². The zero-order valence-electron chi connectivity index (χ0n) is 11.5. The van der Waals surface area contributed by atoms with Crippen LogP contribution in [-0.2, 0) is 0 Å². The summed E-state index contributed by atoms with van der Waals surface area (Å²) in [5, 5.41) is 7.78. The number of fused-ring (bicyclic) bond motifs is 1. The predicted octanol–water partition coefficient (Wildman–Crippen LogP) is 1.94. The summed E-state index contributed by atoms with van der Waals surface area (Å²) < 4.78 is 1.86. The molecular weight excluding hydrogens is 238 g/mol. The lowest BCUT2D eigenvalue weighted by atomic mass is 10.1. The second-order valence-electron chi connectivity index (χ2n) is 5.21. The average molecular weight is 259 g/mol. The fourth-order valence-corrected chi connectivity index (χ4v) is 2.69. The molecule has 1 N–H and O–H groups in total. The van der Waals surface area contributed by atoms with Gasteiger partial charge in [0.05, 0.1) is 6.20 Å². The van der Waals surface area contributed by atoms with Crippen LogP contribution >= 0.6 is 0 Å². The Morgan fingerprint density at radius 2 is 2.11 bits per heavy atom. The zero-order chi connectivity index (χ0) is 13.1. The second-order valence-corrected chi connectivity index (χ2v) is 5.21. The van der Waals surface area contributed by atoms with E-state index in [4.69, 9.17) is 0 Å². The molecule has 0 aliphatic carbocycles. The largest absolute Gasteiger partial charge is 0.369 e. The molecule has 3 rings (SSSR count). The Bertz CT molecular complexity index is 542. The summed E-state index contributed by atoms with van der Waals surface area (Å²) in [6.07, 6.45) is 5.87. The van der Waals surface area contributed by atoms with Gasteiger partial charge in [-0.3, -0.25) is 0 Å². The molecule has 2 aromatic heterocycles. The number of rotatable bonds is 4. The molecule has 1 aliphatic heterocycles. The monoisotopic (exact) mass is 259 g/mol. The number of likely N-dealkylation sites (tertiary alicyclic amines) is 1. The third-order valence-corrected chi connectivity index (χ3v) is 3.67. The fraction of sp³-hybridized carbons (Fsp3) is 0.571. The average Bonchev–Trinajstić information content (AvgIpc) is 2.88. The van der Waals surface area contributed by atoms with Crippen molar-refractivity contribution in [1.82, 2.24) is 19.5 Å². The van der Waals surface area contributed by atoms with Gasteiger partial charge >= 0.3 is 0 Å². The van der Waals surface area contributed by atoms with Gasteiger partial charge < -0.3 is 10.2 Å². The highest BCUT2D eigenvalue weighted by molar-refractivity contribution is 5.48. The molecule has 0 spiro atoms. The van der Waals surface area contributed by atoms with Crippen molar-refractivity contribution in [3.63, 3.8) is 0 Å². The Labute approximate surface area is 113 Å². The summed E-state index contributed by atoms with van der Waals surface area (Å²) in [5.41, 5.74) is 1.92. The van der Waals surface area contributed by atoms with Gasteiger partial charge in [0.2, 0.25) is 0 Å². The van der Waals surface area contributed by atoms with Gasteiger partial charge in [-0.2, -0.15) is 9.61 Å². The molecule has 0 bridgehead atoms. The van der Waals surface area contributed by atoms with Gasteiger partial charge in [-0.1, -0.05) is 6.42 Å². The Kier molecular flexibility index (Phi) is 3.64. The SMILES string of the molecule is Cc1cc(NCCN2CCCCC2)n2nccc2n1. The van der Waals surface area contributed by atoms with Crippen LogP contribution in [-0.4, -0.2) is 45.7 Å². The minimum absolute atomic E-state index is 0.903. The van der Waals surface area contributed by atoms with Gasteiger partial charge in [-0.15, -0.1) is 0 Å². The molecule has 0 radical (unpaired) electrons. The van der Waals surface area contributed by atoms with Gasteiger partial charge in [0.25, 0.3) is 0 Å². The molecule has 0 saturated carbocycles. The minimum atomic E-state index is 0.903. The van der Waals surface area contributed by atoms with E-state index in [1.807, 2.05) is 17.5 Å². The van der Waals surface area contributed by atoms with Crippen molar-refractivity contribution >= 4 is 11.5 Å². The van der Waals surface area contributed by atoms with Crippen LogP contribution < -0.4 is 5.32 Å². The first-order valence-electron chi connectivity index (χ1n) is 7.10. The van der Waals surface area contributed by atoms with Crippen LogP contribution in [0.5, 0.6) is 0 Å². The topological polar surface area (TPSA) is 45.5 Å². The summed E-state index contributed by atoms with van der Waals surface area (Å²) in [6.45, 7) is 6.56. The van der Waals surface area contributed by atoms with Crippen LogP contribution in [0.2, 0.25) is 0 Å². The number of aromatic nitrogens is 3. The molecule has 2 aromatic rings. The van der Waals surface area contributed by atoms with Gasteiger partial charge in [-0.05, 0) is 32.9 Å². The van der Waals surface area contributed by atoms with Crippen LogP contribution in [0.4, 0.5) is 5.82 Å².